The molecule has 3 amide bonds. The summed E-state index contributed by atoms with van der Waals surface area (Å²) in [5, 5.41) is 11.8. The molecule has 7 nitrogen and oxygen atoms in total. The highest BCUT2D eigenvalue weighted by atomic mass is 32.1. The molecule has 0 atom stereocenters. The van der Waals surface area contributed by atoms with Gasteiger partial charge in [-0.05, 0) is 12.8 Å². The molecular formula is C12H16N4O3S. The number of rotatable bonds is 6. The van der Waals surface area contributed by atoms with E-state index in [0.29, 0.717) is 18.1 Å². The number of hydrogen-bond donors (Lipinski definition) is 1. The Bertz CT molecular complexity index is 513. The summed E-state index contributed by atoms with van der Waals surface area (Å²) in [6.45, 7) is 2.28. The van der Waals surface area contributed by atoms with Crippen LogP contribution in [0.15, 0.2) is 0 Å². The minimum atomic E-state index is -0.178. The van der Waals surface area contributed by atoms with Gasteiger partial charge in [0.25, 0.3) is 0 Å². The molecule has 1 aromatic heterocycles. The van der Waals surface area contributed by atoms with Crippen LogP contribution in [-0.2, 0) is 20.8 Å². The lowest BCUT2D eigenvalue weighted by atomic mass is 10.3. The lowest BCUT2D eigenvalue weighted by Gasteiger charge is -2.12. The van der Waals surface area contributed by atoms with Crippen molar-refractivity contribution < 1.29 is 14.4 Å². The molecule has 0 saturated carbocycles. The van der Waals surface area contributed by atoms with Crippen LogP contribution in [0.5, 0.6) is 0 Å². The Morgan fingerprint density at radius 2 is 2.00 bits per heavy atom. The number of amides is 3. The van der Waals surface area contributed by atoms with Crippen LogP contribution in [0, 0.1) is 0 Å². The summed E-state index contributed by atoms with van der Waals surface area (Å²) in [5.41, 5.74) is 0. The van der Waals surface area contributed by atoms with E-state index < -0.39 is 0 Å². The van der Waals surface area contributed by atoms with Crippen molar-refractivity contribution in [1.82, 2.24) is 15.1 Å². The Hall–Kier alpha value is -1.83. The predicted molar refractivity (Wildman–Crippen MR) is 73.1 cm³/mol. The first-order chi connectivity index (χ1) is 9.60. The van der Waals surface area contributed by atoms with E-state index in [4.69, 9.17) is 0 Å². The van der Waals surface area contributed by atoms with E-state index in [1.54, 1.807) is 0 Å². The van der Waals surface area contributed by atoms with E-state index in [0.717, 1.165) is 11.4 Å². The number of carbonyl (C=O) groups excluding carboxylic acids is 3. The Balaban J connectivity index is 1.72. The molecule has 0 unspecified atom stereocenters. The molecule has 0 radical (unpaired) electrons. The molecule has 0 aliphatic carbocycles. The maximum atomic E-state index is 11.7. The molecule has 0 bridgehead atoms. The Morgan fingerprint density at radius 3 is 2.60 bits per heavy atom. The summed E-state index contributed by atoms with van der Waals surface area (Å²) < 4.78 is 0. The van der Waals surface area contributed by atoms with Gasteiger partial charge in [-0.15, -0.1) is 10.2 Å². The normalized spacial score (nSPS) is 14.9. The van der Waals surface area contributed by atoms with Crippen molar-refractivity contribution in [3.8, 4) is 0 Å². The fraction of sp³-hybridized carbons (Fsp3) is 0.583. The summed E-state index contributed by atoms with van der Waals surface area (Å²) >= 11 is 1.35. The molecular weight excluding hydrogens is 280 g/mol. The molecule has 1 aliphatic rings. The average Bonchev–Trinajstić information content (AvgIpc) is 2.99. The van der Waals surface area contributed by atoms with Gasteiger partial charge in [-0.2, -0.15) is 0 Å². The maximum Gasteiger partial charge on any atom is 0.229 e. The Labute approximate surface area is 120 Å². The van der Waals surface area contributed by atoms with Crippen LogP contribution in [-0.4, -0.2) is 39.4 Å². The molecule has 1 aromatic rings. The molecule has 2 rings (SSSR count). The highest BCUT2D eigenvalue weighted by molar-refractivity contribution is 7.15. The second-order valence-electron chi connectivity index (χ2n) is 4.45. The molecule has 20 heavy (non-hydrogen) atoms. The molecule has 1 N–H and O–H groups in total. The fourth-order valence-corrected chi connectivity index (χ4v) is 2.59. The number of hydrogen-bond acceptors (Lipinski definition) is 6. The molecule has 1 aliphatic heterocycles. The number of nitrogens with zero attached hydrogens (tertiary/aromatic N) is 3. The van der Waals surface area contributed by atoms with Crippen molar-refractivity contribution >= 4 is 34.2 Å². The molecule has 108 valence electrons. The van der Waals surface area contributed by atoms with Gasteiger partial charge >= 0.3 is 0 Å². The van der Waals surface area contributed by atoms with E-state index in [1.165, 1.54) is 16.2 Å². The minimum Gasteiger partial charge on any atom is -0.301 e. The first kappa shape index (κ1) is 14.6. The lowest BCUT2D eigenvalue weighted by Crippen LogP contribution is -2.30. The summed E-state index contributed by atoms with van der Waals surface area (Å²) in [5.74, 6) is -0.470. The van der Waals surface area contributed by atoms with Gasteiger partial charge in [-0.25, -0.2) is 0 Å². The zero-order chi connectivity index (χ0) is 14.5. The minimum absolute atomic E-state index is 0.146. The number of imide groups is 1. The third-order valence-corrected chi connectivity index (χ3v) is 3.94. The highest BCUT2D eigenvalue weighted by Gasteiger charge is 2.28. The number of aromatic nitrogens is 2. The standard InChI is InChI=1S/C12H16N4O3S/c1-2-9-14-15-12(20-9)13-8(17)4-3-7-16-10(18)5-6-11(16)19/h2-7H2,1H3,(H,13,15,17). The average molecular weight is 296 g/mol. The molecule has 1 fully saturated rings. The van der Waals surface area contributed by atoms with E-state index in [1.807, 2.05) is 6.92 Å². The van der Waals surface area contributed by atoms with Crippen molar-refractivity contribution in [3.63, 3.8) is 0 Å². The zero-order valence-corrected chi connectivity index (χ0v) is 12.0. The monoisotopic (exact) mass is 296 g/mol. The topological polar surface area (TPSA) is 92.3 Å². The van der Waals surface area contributed by atoms with Crippen molar-refractivity contribution in [2.75, 3.05) is 11.9 Å². The SMILES string of the molecule is CCc1nnc(NC(=O)CCCN2C(=O)CCC2=O)s1. The first-order valence-electron chi connectivity index (χ1n) is 6.55. The molecule has 0 spiro atoms. The van der Waals surface area contributed by atoms with Crippen LogP contribution >= 0.6 is 11.3 Å². The number of anilines is 1. The van der Waals surface area contributed by atoms with Gasteiger partial charge in [-0.1, -0.05) is 18.3 Å². The summed E-state index contributed by atoms with van der Waals surface area (Å²) in [6, 6.07) is 0. The second kappa shape index (κ2) is 6.56. The van der Waals surface area contributed by atoms with Crippen molar-refractivity contribution in [1.29, 1.82) is 0 Å². The molecule has 8 heteroatoms. The smallest absolute Gasteiger partial charge is 0.229 e. The number of carbonyl (C=O) groups is 3. The summed E-state index contributed by atoms with van der Waals surface area (Å²) in [4.78, 5) is 35.7. The predicted octanol–water partition coefficient (Wildman–Crippen LogP) is 0.968. The molecule has 0 aromatic carbocycles. The van der Waals surface area contributed by atoms with Crippen molar-refractivity contribution in [3.05, 3.63) is 5.01 Å². The van der Waals surface area contributed by atoms with Gasteiger partial charge in [-0.3, -0.25) is 19.3 Å². The van der Waals surface area contributed by atoms with E-state index in [2.05, 4.69) is 15.5 Å². The van der Waals surface area contributed by atoms with Crippen LogP contribution in [0.25, 0.3) is 0 Å². The van der Waals surface area contributed by atoms with Crippen LogP contribution in [0.2, 0.25) is 0 Å². The maximum absolute atomic E-state index is 11.7. The third-order valence-electron chi connectivity index (χ3n) is 2.96. The van der Waals surface area contributed by atoms with Gasteiger partial charge in [0.15, 0.2) is 0 Å². The lowest BCUT2D eigenvalue weighted by molar-refractivity contribution is -0.138. The summed E-state index contributed by atoms with van der Waals surface area (Å²) in [6.07, 6.45) is 2.07. The summed E-state index contributed by atoms with van der Waals surface area (Å²) in [7, 11) is 0. The van der Waals surface area contributed by atoms with Crippen molar-refractivity contribution in [2.24, 2.45) is 0 Å². The van der Waals surface area contributed by atoms with Crippen molar-refractivity contribution in [2.45, 2.75) is 39.0 Å². The van der Waals surface area contributed by atoms with Crippen LogP contribution in [0.1, 0.15) is 37.6 Å². The van der Waals surface area contributed by atoms with Gasteiger partial charge < -0.3 is 5.32 Å². The highest BCUT2D eigenvalue weighted by Crippen LogP contribution is 2.16. The Kier molecular flexibility index (Phi) is 4.78. The molecule has 1 saturated heterocycles. The van der Waals surface area contributed by atoms with Gasteiger partial charge in [0.05, 0.1) is 0 Å². The van der Waals surface area contributed by atoms with Crippen LogP contribution < -0.4 is 5.32 Å². The van der Waals surface area contributed by atoms with Crippen LogP contribution in [0.3, 0.4) is 0 Å². The van der Waals surface area contributed by atoms with Crippen LogP contribution in [0.4, 0.5) is 5.13 Å². The third kappa shape index (κ3) is 3.60. The quantitative estimate of drug-likeness (QED) is 0.790. The molecule has 2 heterocycles. The van der Waals surface area contributed by atoms with E-state index >= 15 is 0 Å². The second-order valence-corrected chi connectivity index (χ2v) is 5.51. The fourth-order valence-electron chi connectivity index (χ4n) is 1.90. The van der Waals surface area contributed by atoms with E-state index in [-0.39, 0.29) is 37.0 Å². The van der Waals surface area contributed by atoms with Gasteiger partial charge in [0.1, 0.15) is 5.01 Å². The number of nitrogens with one attached hydrogen (secondary N) is 1. The number of aryl methyl sites for hydroxylation is 1. The number of likely N-dealkylation sites (tertiary alicyclic amines) is 1. The Morgan fingerprint density at radius 1 is 1.30 bits per heavy atom. The van der Waals surface area contributed by atoms with E-state index in [9.17, 15) is 14.4 Å². The van der Waals surface area contributed by atoms with Gasteiger partial charge in [0, 0.05) is 25.8 Å². The van der Waals surface area contributed by atoms with Gasteiger partial charge in [0.2, 0.25) is 22.9 Å². The largest absolute Gasteiger partial charge is 0.301 e. The first-order valence-corrected chi connectivity index (χ1v) is 7.37. The zero-order valence-electron chi connectivity index (χ0n) is 11.2.